The van der Waals surface area contributed by atoms with Gasteiger partial charge >= 0.3 is 0 Å². The smallest absolute Gasteiger partial charge is 0.244 e. The first-order valence-corrected chi connectivity index (χ1v) is 9.12. The van der Waals surface area contributed by atoms with Crippen LogP contribution in [0.1, 0.15) is 12.8 Å². The molecule has 0 bridgehead atoms. The average Bonchev–Trinajstić information content (AvgIpc) is 3.28. The second-order valence-corrected chi connectivity index (χ2v) is 7.51. The molecular weight excluding hydrogens is 340 g/mol. The van der Waals surface area contributed by atoms with E-state index in [9.17, 15) is 8.42 Å². The van der Waals surface area contributed by atoms with Gasteiger partial charge in [0.15, 0.2) is 0 Å². The molecule has 1 aliphatic rings. The Morgan fingerprint density at radius 2 is 2.05 bits per heavy atom. The summed E-state index contributed by atoms with van der Waals surface area (Å²) >= 11 is 3.34. The molecule has 1 aliphatic carbocycles. The zero-order valence-electron chi connectivity index (χ0n) is 10.9. The summed E-state index contributed by atoms with van der Waals surface area (Å²) in [5.41, 5.74) is 0.711. The van der Waals surface area contributed by atoms with Crippen molar-refractivity contribution in [1.29, 1.82) is 0 Å². The first-order chi connectivity index (χ1) is 9.64. The normalized spacial score (nSPS) is 15.9. The van der Waals surface area contributed by atoms with E-state index in [0.717, 1.165) is 12.8 Å². The van der Waals surface area contributed by atoms with Gasteiger partial charge in [-0.3, -0.25) is 4.98 Å². The Kier molecular flexibility index (Phi) is 3.79. The topological polar surface area (TPSA) is 50.3 Å². The molecule has 106 valence electrons. The minimum absolute atomic E-state index is 0.157. The van der Waals surface area contributed by atoms with Gasteiger partial charge in [-0.05, 0) is 37.1 Å². The number of nitrogens with zero attached hydrogens (tertiary/aromatic N) is 2. The van der Waals surface area contributed by atoms with E-state index in [0.29, 0.717) is 27.7 Å². The fraction of sp³-hybridized carbons (Fsp3) is 0.357. The lowest BCUT2D eigenvalue weighted by Crippen LogP contribution is -2.34. The van der Waals surface area contributed by atoms with Crippen LogP contribution in [0.5, 0.6) is 0 Å². The van der Waals surface area contributed by atoms with Crippen LogP contribution in [0.15, 0.2) is 41.4 Å². The Morgan fingerprint density at radius 3 is 2.75 bits per heavy atom. The first-order valence-electron chi connectivity index (χ1n) is 6.56. The number of fused-ring (bicyclic) bond motifs is 1. The standard InChI is InChI=1S/C14H15BrN2O2S/c15-8-10-17(11-6-7-11)20(18,19)14-5-1-4-13-12(14)3-2-9-16-13/h1-5,9,11H,6-8,10H2. The maximum absolute atomic E-state index is 12.9. The van der Waals surface area contributed by atoms with Gasteiger partial charge in [0, 0.05) is 29.5 Å². The molecule has 20 heavy (non-hydrogen) atoms. The number of alkyl halides is 1. The van der Waals surface area contributed by atoms with E-state index in [4.69, 9.17) is 0 Å². The lowest BCUT2D eigenvalue weighted by molar-refractivity contribution is 0.425. The van der Waals surface area contributed by atoms with E-state index in [1.54, 1.807) is 28.7 Å². The molecule has 0 aliphatic heterocycles. The van der Waals surface area contributed by atoms with E-state index in [-0.39, 0.29) is 6.04 Å². The Balaban J connectivity index is 2.13. The summed E-state index contributed by atoms with van der Waals surface area (Å²) in [7, 11) is -3.46. The second-order valence-electron chi connectivity index (χ2n) is 4.86. The van der Waals surface area contributed by atoms with Crippen LogP contribution < -0.4 is 0 Å². The van der Waals surface area contributed by atoms with Crippen molar-refractivity contribution in [3.05, 3.63) is 36.5 Å². The van der Waals surface area contributed by atoms with Crippen molar-refractivity contribution < 1.29 is 8.42 Å². The largest absolute Gasteiger partial charge is 0.256 e. The van der Waals surface area contributed by atoms with E-state index >= 15 is 0 Å². The van der Waals surface area contributed by atoms with Crippen LogP contribution in [0.25, 0.3) is 10.9 Å². The van der Waals surface area contributed by atoms with Gasteiger partial charge in [0.1, 0.15) is 0 Å². The summed E-state index contributed by atoms with van der Waals surface area (Å²) in [5, 5.41) is 1.33. The van der Waals surface area contributed by atoms with Crippen molar-refractivity contribution in [2.45, 2.75) is 23.8 Å². The third-order valence-corrected chi connectivity index (χ3v) is 5.82. The Morgan fingerprint density at radius 1 is 1.25 bits per heavy atom. The number of halogens is 1. The molecular formula is C14H15BrN2O2S. The van der Waals surface area contributed by atoms with Gasteiger partial charge in [-0.1, -0.05) is 22.0 Å². The van der Waals surface area contributed by atoms with Crippen LogP contribution in [0, 0.1) is 0 Å². The molecule has 1 aromatic heterocycles. The molecule has 0 amide bonds. The van der Waals surface area contributed by atoms with Gasteiger partial charge in [0.2, 0.25) is 10.0 Å². The molecule has 0 radical (unpaired) electrons. The highest BCUT2D eigenvalue weighted by atomic mass is 79.9. The molecule has 2 aromatic rings. The van der Waals surface area contributed by atoms with Crippen molar-refractivity contribution in [2.75, 3.05) is 11.9 Å². The minimum Gasteiger partial charge on any atom is -0.256 e. The monoisotopic (exact) mass is 354 g/mol. The molecule has 0 spiro atoms. The van der Waals surface area contributed by atoms with E-state index in [2.05, 4.69) is 20.9 Å². The fourth-order valence-electron chi connectivity index (χ4n) is 2.37. The van der Waals surface area contributed by atoms with Gasteiger partial charge in [-0.25, -0.2) is 8.42 Å². The maximum atomic E-state index is 12.9. The predicted molar refractivity (Wildman–Crippen MR) is 82.5 cm³/mol. The van der Waals surface area contributed by atoms with Crippen LogP contribution >= 0.6 is 15.9 Å². The molecule has 3 rings (SSSR count). The van der Waals surface area contributed by atoms with E-state index < -0.39 is 10.0 Å². The summed E-state index contributed by atoms with van der Waals surface area (Å²) < 4.78 is 27.4. The SMILES string of the molecule is O=S(=O)(c1cccc2ncccc12)N(CCBr)C1CC1. The molecule has 1 aromatic carbocycles. The molecule has 0 atom stereocenters. The minimum atomic E-state index is -3.46. The highest BCUT2D eigenvalue weighted by Gasteiger charge is 2.38. The third kappa shape index (κ3) is 2.47. The highest BCUT2D eigenvalue weighted by molar-refractivity contribution is 9.09. The van der Waals surface area contributed by atoms with Crippen LogP contribution in [0.2, 0.25) is 0 Å². The predicted octanol–water partition coefficient (Wildman–Crippen LogP) is 2.78. The number of hydrogen-bond donors (Lipinski definition) is 0. The van der Waals surface area contributed by atoms with Crippen molar-refractivity contribution in [1.82, 2.24) is 9.29 Å². The molecule has 0 unspecified atom stereocenters. The number of hydrogen-bond acceptors (Lipinski definition) is 3. The number of sulfonamides is 1. The van der Waals surface area contributed by atoms with Gasteiger partial charge in [-0.2, -0.15) is 4.31 Å². The third-order valence-electron chi connectivity index (χ3n) is 3.45. The number of pyridine rings is 1. The Labute approximate surface area is 127 Å². The second kappa shape index (κ2) is 5.42. The Bertz CT molecular complexity index is 724. The number of benzene rings is 1. The highest BCUT2D eigenvalue weighted by Crippen LogP contribution is 2.33. The molecule has 1 saturated carbocycles. The zero-order valence-corrected chi connectivity index (χ0v) is 13.3. The average molecular weight is 355 g/mol. The molecule has 4 nitrogen and oxygen atoms in total. The van der Waals surface area contributed by atoms with Gasteiger partial charge in [-0.15, -0.1) is 0 Å². The van der Waals surface area contributed by atoms with Gasteiger partial charge < -0.3 is 0 Å². The van der Waals surface area contributed by atoms with Crippen LogP contribution in [0.3, 0.4) is 0 Å². The molecule has 1 heterocycles. The molecule has 1 fully saturated rings. The van der Waals surface area contributed by atoms with Crippen molar-refractivity contribution in [3.63, 3.8) is 0 Å². The number of aromatic nitrogens is 1. The van der Waals surface area contributed by atoms with Crippen LogP contribution in [0.4, 0.5) is 0 Å². The summed E-state index contributed by atoms with van der Waals surface area (Å²) in [6, 6.07) is 9.00. The molecule has 6 heteroatoms. The summed E-state index contributed by atoms with van der Waals surface area (Å²) in [6.07, 6.45) is 3.58. The van der Waals surface area contributed by atoms with Crippen LogP contribution in [-0.4, -0.2) is 35.6 Å². The van der Waals surface area contributed by atoms with Gasteiger partial charge in [0.05, 0.1) is 10.4 Å². The van der Waals surface area contributed by atoms with E-state index in [1.807, 2.05) is 12.1 Å². The lowest BCUT2D eigenvalue weighted by atomic mass is 10.2. The quantitative estimate of drug-likeness (QED) is 0.775. The first kappa shape index (κ1) is 14.0. The van der Waals surface area contributed by atoms with Crippen molar-refractivity contribution in [3.8, 4) is 0 Å². The summed E-state index contributed by atoms with van der Waals surface area (Å²) in [5.74, 6) is 0. The Hall–Kier alpha value is -0.980. The zero-order chi connectivity index (χ0) is 14.2. The lowest BCUT2D eigenvalue weighted by Gasteiger charge is -2.21. The maximum Gasteiger partial charge on any atom is 0.244 e. The molecule has 0 saturated heterocycles. The molecule has 0 N–H and O–H groups in total. The van der Waals surface area contributed by atoms with E-state index in [1.165, 1.54) is 0 Å². The van der Waals surface area contributed by atoms with Crippen molar-refractivity contribution in [2.24, 2.45) is 0 Å². The summed E-state index contributed by atoms with van der Waals surface area (Å²) in [6.45, 7) is 0.504. The number of rotatable bonds is 5. The summed E-state index contributed by atoms with van der Waals surface area (Å²) in [4.78, 5) is 4.59. The van der Waals surface area contributed by atoms with Gasteiger partial charge in [0.25, 0.3) is 0 Å². The van der Waals surface area contributed by atoms with Crippen molar-refractivity contribution >= 4 is 36.9 Å². The van der Waals surface area contributed by atoms with Crippen LogP contribution in [-0.2, 0) is 10.0 Å². The fourth-order valence-corrected chi connectivity index (χ4v) is 4.88.